The molecule has 0 bridgehead atoms. The van der Waals surface area contributed by atoms with E-state index in [1.165, 1.54) is 10.2 Å². The smallest absolute Gasteiger partial charge is 0.268 e. The third-order valence-corrected chi connectivity index (χ3v) is 5.89. The molecule has 0 saturated carbocycles. The average molecular weight is 364 g/mol. The van der Waals surface area contributed by atoms with Crippen molar-refractivity contribution in [3.8, 4) is 0 Å². The van der Waals surface area contributed by atoms with Crippen molar-refractivity contribution in [1.82, 2.24) is 3.97 Å². The van der Waals surface area contributed by atoms with Crippen molar-refractivity contribution in [3.63, 3.8) is 0 Å². The second-order valence-corrected chi connectivity index (χ2v) is 8.63. The highest BCUT2D eigenvalue weighted by Gasteiger charge is 2.27. The van der Waals surface area contributed by atoms with Gasteiger partial charge in [0.25, 0.3) is 10.0 Å². The fraction of sp³-hybridized carbons (Fsp3) is 0.222. The van der Waals surface area contributed by atoms with Crippen LogP contribution in [-0.4, -0.2) is 17.5 Å². The minimum Gasteiger partial charge on any atom is -0.386 e. The standard InChI is InChI=1S/C18H18ClNO3S/c1-12-4-7-14(8-5-12)24(22,23)20-11-16(18(2,3)21)15-9-6-13(19)10-17(15)20/h4-11,21H,1-3H3. The maximum atomic E-state index is 13.0. The lowest BCUT2D eigenvalue weighted by Crippen LogP contribution is -2.16. The highest BCUT2D eigenvalue weighted by Crippen LogP contribution is 2.34. The molecule has 126 valence electrons. The van der Waals surface area contributed by atoms with Crippen molar-refractivity contribution in [3.05, 3.63) is 64.8 Å². The van der Waals surface area contributed by atoms with Gasteiger partial charge in [0.2, 0.25) is 0 Å². The maximum absolute atomic E-state index is 13.0. The summed E-state index contributed by atoms with van der Waals surface area (Å²) in [5, 5.41) is 11.5. The number of halogens is 1. The summed E-state index contributed by atoms with van der Waals surface area (Å²) >= 11 is 6.06. The lowest BCUT2D eigenvalue weighted by Gasteiger charge is -2.16. The highest BCUT2D eigenvalue weighted by molar-refractivity contribution is 7.90. The number of rotatable bonds is 3. The van der Waals surface area contributed by atoms with Crippen LogP contribution in [0.4, 0.5) is 0 Å². The van der Waals surface area contributed by atoms with E-state index in [0.717, 1.165) is 5.56 Å². The predicted octanol–water partition coefficient (Wildman–Crippen LogP) is 4.07. The summed E-state index contributed by atoms with van der Waals surface area (Å²) in [7, 11) is -3.79. The number of aryl methyl sites for hydroxylation is 1. The van der Waals surface area contributed by atoms with Crippen LogP contribution in [0, 0.1) is 6.92 Å². The van der Waals surface area contributed by atoms with Crippen LogP contribution in [0.1, 0.15) is 25.0 Å². The first-order chi connectivity index (χ1) is 11.1. The molecule has 0 aliphatic rings. The van der Waals surface area contributed by atoms with Crippen molar-refractivity contribution < 1.29 is 13.5 Å². The van der Waals surface area contributed by atoms with Gasteiger partial charge in [0.1, 0.15) is 0 Å². The molecule has 4 nitrogen and oxygen atoms in total. The Morgan fingerprint density at radius 3 is 2.29 bits per heavy atom. The van der Waals surface area contributed by atoms with Gasteiger partial charge in [0.05, 0.1) is 16.0 Å². The largest absolute Gasteiger partial charge is 0.386 e. The fourth-order valence-corrected chi connectivity index (χ4v) is 4.21. The van der Waals surface area contributed by atoms with Crippen molar-refractivity contribution in [2.75, 3.05) is 0 Å². The van der Waals surface area contributed by atoms with E-state index in [4.69, 9.17) is 11.6 Å². The second-order valence-electron chi connectivity index (χ2n) is 6.38. The summed E-state index contributed by atoms with van der Waals surface area (Å²) < 4.78 is 27.3. The molecule has 6 heteroatoms. The molecule has 24 heavy (non-hydrogen) atoms. The normalized spacial score (nSPS) is 12.7. The number of hydrogen-bond acceptors (Lipinski definition) is 3. The second kappa shape index (κ2) is 5.62. The van der Waals surface area contributed by atoms with Gasteiger partial charge >= 0.3 is 0 Å². The summed E-state index contributed by atoms with van der Waals surface area (Å²) in [4.78, 5) is 0.187. The molecule has 0 aliphatic heterocycles. The monoisotopic (exact) mass is 363 g/mol. The Morgan fingerprint density at radius 1 is 1.08 bits per heavy atom. The van der Waals surface area contributed by atoms with E-state index >= 15 is 0 Å². The Balaban J connectivity index is 2.33. The lowest BCUT2D eigenvalue weighted by atomic mass is 9.98. The van der Waals surface area contributed by atoms with Crippen LogP contribution < -0.4 is 0 Å². The Labute approximate surface area is 146 Å². The molecule has 0 fully saturated rings. The van der Waals surface area contributed by atoms with E-state index < -0.39 is 15.6 Å². The fourth-order valence-electron chi connectivity index (χ4n) is 2.68. The van der Waals surface area contributed by atoms with Crippen LogP contribution in [0.3, 0.4) is 0 Å². The molecular formula is C18H18ClNO3S. The van der Waals surface area contributed by atoms with Crippen molar-refractivity contribution in [2.45, 2.75) is 31.3 Å². The molecule has 3 aromatic rings. The number of aliphatic hydroxyl groups is 1. The van der Waals surface area contributed by atoms with Gasteiger partial charge in [-0.3, -0.25) is 0 Å². The number of hydrogen-bond donors (Lipinski definition) is 1. The van der Waals surface area contributed by atoms with Gasteiger partial charge in [-0.2, -0.15) is 0 Å². The Hall–Kier alpha value is -1.82. The number of aromatic nitrogens is 1. The summed E-state index contributed by atoms with van der Waals surface area (Å²) in [5.74, 6) is 0. The highest BCUT2D eigenvalue weighted by atomic mass is 35.5. The van der Waals surface area contributed by atoms with E-state index in [9.17, 15) is 13.5 Å². The predicted molar refractivity (Wildman–Crippen MR) is 96.0 cm³/mol. The molecule has 1 N–H and O–H groups in total. The van der Waals surface area contributed by atoms with Crippen molar-refractivity contribution in [1.29, 1.82) is 0 Å². The molecule has 0 radical (unpaired) electrons. The Kier molecular flexibility index (Phi) is 3.98. The molecular weight excluding hydrogens is 346 g/mol. The quantitative estimate of drug-likeness (QED) is 0.763. The number of fused-ring (bicyclic) bond motifs is 1. The zero-order valence-corrected chi connectivity index (χ0v) is 15.2. The molecule has 0 spiro atoms. The summed E-state index contributed by atoms with van der Waals surface area (Å²) in [6.07, 6.45) is 1.47. The Bertz CT molecular complexity index is 1010. The van der Waals surface area contributed by atoms with Crippen LogP contribution in [0.2, 0.25) is 5.02 Å². The van der Waals surface area contributed by atoms with Gasteiger partial charge in [-0.05, 0) is 45.0 Å². The van der Waals surface area contributed by atoms with Gasteiger partial charge in [0.15, 0.2) is 0 Å². The van der Waals surface area contributed by atoms with Crippen LogP contribution >= 0.6 is 11.6 Å². The molecule has 0 atom stereocenters. The zero-order valence-electron chi connectivity index (χ0n) is 13.6. The van der Waals surface area contributed by atoms with E-state index in [1.807, 2.05) is 6.92 Å². The molecule has 1 heterocycles. The first kappa shape index (κ1) is 17.0. The van der Waals surface area contributed by atoms with Gasteiger partial charge in [-0.15, -0.1) is 0 Å². The van der Waals surface area contributed by atoms with Gasteiger partial charge in [-0.1, -0.05) is 35.4 Å². The van der Waals surface area contributed by atoms with Crippen LogP contribution in [0.25, 0.3) is 10.9 Å². The van der Waals surface area contributed by atoms with Crippen LogP contribution in [0.15, 0.2) is 53.6 Å². The first-order valence-corrected chi connectivity index (χ1v) is 9.28. The Morgan fingerprint density at radius 2 is 1.71 bits per heavy atom. The minimum atomic E-state index is -3.79. The third kappa shape index (κ3) is 2.83. The molecule has 0 aliphatic carbocycles. The number of benzene rings is 2. The summed E-state index contributed by atoms with van der Waals surface area (Å²) in [5.41, 5.74) is 0.775. The van der Waals surface area contributed by atoms with E-state index in [1.54, 1.807) is 56.3 Å². The summed E-state index contributed by atoms with van der Waals surface area (Å²) in [6.45, 7) is 5.14. The lowest BCUT2D eigenvalue weighted by molar-refractivity contribution is 0.0801. The third-order valence-electron chi connectivity index (χ3n) is 3.97. The maximum Gasteiger partial charge on any atom is 0.268 e. The van der Waals surface area contributed by atoms with Crippen molar-refractivity contribution in [2.24, 2.45) is 0 Å². The molecule has 3 rings (SSSR count). The first-order valence-electron chi connectivity index (χ1n) is 7.46. The molecule has 0 saturated heterocycles. The summed E-state index contributed by atoms with van der Waals surface area (Å²) in [6, 6.07) is 11.7. The van der Waals surface area contributed by atoms with Gasteiger partial charge in [0, 0.05) is 22.2 Å². The minimum absolute atomic E-state index is 0.187. The van der Waals surface area contributed by atoms with Crippen molar-refractivity contribution >= 4 is 32.5 Å². The van der Waals surface area contributed by atoms with E-state index in [-0.39, 0.29) is 4.90 Å². The van der Waals surface area contributed by atoms with Crippen LogP contribution in [-0.2, 0) is 15.6 Å². The van der Waals surface area contributed by atoms with Crippen LogP contribution in [0.5, 0.6) is 0 Å². The zero-order chi connectivity index (χ0) is 17.7. The van der Waals surface area contributed by atoms with Gasteiger partial charge < -0.3 is 5.11 Å². The number of nitrogens with zero attached hydrogens (tertiary/aromatic N) is 1. The molecule has 0 amide bonds. The average Bonchev–Trinajstić information content (AvgIpc) is 2.87. The molecule has 2 aromatic carbocycles. The van der Waals surface area contributed by atoms with E-state index in [2.05, 4.69) is 0 Å². The van der Waals surface area contributed by atoms with Gasteiger partial charge in [-0.25, -0.2) is 12.4 Å². The molecule has 0 unspecified atom stereocenters. The molecule has 1 aromatic heterocycles. The van der Waals surface area contributed by atoms with E-state index in [0.29, 0.717) is 21.5 Å². The topological polar surface area (TPSA) is 59.3 Å². The SMILES string of the molecule is Cc1ccc(S(=O)(=O)n2cc(C(C)(C)O)c3ccc(Cl)cc32)cc1.